The lowest BCUT2D eigenvalue weighted by Crippen LogP contribution is -2.27. The first-order chi connectivity index (χ1) is 8.18. The standard InChI is InChI=1S/C14H20O2S/c15-17(16,14-9-5-2-6-10-14)12-11-13-7-3-1-4-8-13/h1,3-4,7-8,14H,2,5-6,9-12H2. The predicted octanol–water partition coefficient (Wildman–Crippen LogP) is 2.98. The van der Waals surface area contributed by atoms with Gasteiger partial charge in [0.25, 0.3) is 0 Å². The number of hydrogen-bond acceptors (Lipinski definition) is 2. The molecule has 0 bridgehead atoms. The van der Waals surface area contributed by atoms with E-state index in [0.717, 1.165) is 31.2 Å². The molecule has 1 fully saturated rings. The molecule has 0 unspecified atom stereocenters. The van der Waals surface area contributed by atoms with E-state index in [2.05, 4.69) is 0 Å². The fraction of sp³-hybridized carbons (Fsp3) is 0.571. The summed E-state index contributed by atoms with van der Waals surface area (Å²) in [5.41, 5.74) is 1.12. The molecule has 3 heteroatoms. The maximum atomic E-state index is 12.2. The molecule has 17 heavy (non-hydrogen) atoms. The first-order valence-electron chi connectivity index (χ1n) is 6.44. The van der Waals surface area contributed by atoms with Gasteiger partial charge in [0, 0.05) is 0 Å². The van der Waals surface area contributed by atoms with Gasteiger partial charge in [-0.3, -0.25) is 0 Å². The zero-order valence-electron chi connectivity index (χ0n) is 10.1. The highest BCUT2D eigenvalue weighted by atomic mass is 32.2. The number of sulfone groups is 1. The molecular weight excluding hydrogens is 232 g/mol. The molecule has 1 saturated carbocycles. The molecule has 2 nitrogen and oxygen atoms in total. The lowest BCUT2D eigenvalue weighted by Gasteiger charge is -2.21. The van der Waals surface area contributed by atoms with Crippen LogP contribution in [0.25, 0.3) is 0 Å². The lowest BCUT2D eigenvalue weighted by atomic mass is 10.0. The third-order valence-corrected chi connectivity index (χ3v) is 5.84. The fourth-order valence-electron chi connectivity index (χ4n) is 2.50. The number of rotatable bonds is 4. The summed E-state index contributed by atoms with van der Waals surface area (Å²) < 4.78 is 24.3. The fourth-order valence-corrected chi connectivity index (χ4v) is 4.40. The van der Waals surface area contributed by atoms with E-state index in [1.165, 1.54) is 6.42 Å². The van der Waals surface area contributed by atoms with Crippen LogP contribution in [-0.2, 0) is 16.3 Å². The Balaban J connectivity index is 1.93. The molecule has 0 radical (unpaired) electrons. The monoisotopic (exact) mass is 252 g/mol. The third-order valence-electron chi connectivity index (χ3n) is 3.58. The van der Waals surface area contributed by atoms with Crippen LogP contribution in [0.5, 0.6) is 0 Å². The molecule has 1 aromatic rings. The molecule has 0 atom stereocenters. The predicted molar refractivity (Wildman–Crippen MR) is 70.8 cm³/mol. The minimum Gasteiger partial charge on any atom is -0.229 e. The Bertz CT molecular complexity index is 431. The van der Waals surface area contributed by atoms with Gasteiger partial charge in [-0.1, -0.05) is 49.6 Å². The molecular formula is C14H20O2S. The summed E-state index contributed by atoms with van der Waals surface area (Å²) in [7, 11) is -2.88. The van der Waals surface area contributed by atoms with Crippen LogP contribution in [0.2, 0.25) is 0 Å². The number of hydrogen-bond donors (Lipinski definition) is 0. The highest BCUT2D eigenvalue weighted by Gasteiger charge is 2.26. The summed E-state index contributed by atoms with van der Waals surface area (Å²) >= 11 is 0. The van der Waals surface area contributed by atoms with Gasteiger partial charge in [0.05, 0.1) is 11.0 Å². The van der Waals surface area contributed by atoms with Gasteiger partial charge in [0.2, 0.25) is 0 Å². The minimum absolute atomic E-state index is 0.0695. The maximum absolute atomic E-state index is 12.2. The molecule has 1 aromatic carbocycles. The summed E-state index contributed by atoms with van der Waals surface area (Å²) in [5.74, 6) is 0.307. The topological polar surface area (TPSA) is 34.1 Å². The van der Waals surface area contributed by atoms with Crippen molar-refractivity contribution in [2.24, 2.45) is 0 Å². The van der Waals surface area contributed by atoms with Crippen molar-refractivity contribution in [1.29, 1.82) is 0 Å². The van der Waals surface area contributed by atoms with E-state index in [1.807, 2.05) is 30.3 Å². The van der Waals surface area contributed by atoms with Gasteiger partial charge in [-0.2, -0.15) is 0 Å². The second-order valence-corrected chi connectivity index (χ2v) is 7.26. The van der Waals surface area contributed by atoms with E-state index in [9.17, 15) is 8.42 Å². The Kier molecular flexibility index (Phi) is 4.21. The molecule has 2 rings (SSSR count). The molecule has 0 spiro atoms. The summed E-state index contributed by atoms with van der Waals surface area (Å²) in [4.78, 5) is 0. The van der Waals surface area contributed by atoms with E-state index in [1.54, 1.807) is 0 Å². The van der Waals surface area contributed by atoms with Crippen molar-refractivity contribution >= 4 is 9.84 Å². The minimum atomic E-state index is -2.88. The largest absolute Gasteiger partial charge is 0.229 e. The molecule has 0 N–H and O–H groups in total. The van der Waals surface area contributed by atoms with Gasteiger partial charge >= 0.3 is 0 Å². The van der Waals surface area contributed by atoms with E-state index < -0.39 is 9.84 Å². The van der Waals surface area contributed by atoms with Gasteiger partial charge in [0.15, 0.2) is 9.84 Å². The van der Waals surface area contributed by atoms with E-state index in [4.69, 9.17) is 0 Å². The summed E-state index contributed by atoms with van der Waals surface area (Å²) in [6.07, 6.45) is 5.75. The number of benzene rings is 1. The summed E-state index contributed by atoms with van der Waals surface area (Å²) in [6, 6.07) is 9.87. The molecule has 1 aliphatic rings. The van der Waals surface area contributed by atoms with Crippen LogP contribution in [-0.4, -0.2) is 19.4 Å². The van der Waals surface area contributed by atoms with Crippen LogP contribution in [0.4, 0.5) is 0 Å². The third kappa shape index (κ3) is 3.56. The quantitative estimate of drug-likeness (QED) is 0.825. The van der Waals surface area contributed by atoms with Crippen molar-refractivity contribution < 1.29 is 8.42 Å². The molecule has 0 amide bonds. The molecule has 0 heterocycles. The van der Waals surface area contributed by atoms with Crippen LogP contribution in [0, 0.1) is 0 Å². The van der Waals surface area contributed by atoms with Crippen LogP contribution in [0.1, 0.15) is 37.7 Å². The Morgan fingerprint density at radius 2 is 1.65 bits per heavy atom. The average Bonchev–Trinajstić information content (AvgIpc) is 2.39. The molecule has 94 valence electrons. The second-order valence-electron chi connectivity index (χ2n) is 4.86. The van der Waals surface area contributed by atoms with Crippen molar-refractivity contribution in [3.63, 3.8) is 0 Å². The van der Waals surface area contributed by atoms with Crippen LogP contribution >= 0.6 is 0 Å². The Hall–Kier alpha value is -0.830. The summed E-state index contributed by atoms with van der Waals surface area (Å²) in [6.45, 7) is 0. The Labute approximate surface area is 104 Å². The first-order valence-corrected chi connectivity index (χ1v) is 8.15. The Morgan fingerprint density at radius 3 is 2.29 bits per heavy atom. The van der Waals surface area contributed by atoms with Crippen LogP contribution in [0.15, 0.2) is 30.3 Å². The van der Waals surface area contributed by atoms with Crippen molar-refractivity contribution in [3.8, 4) is 0 Å². The van der Waals surface area contributed by atoms with E-state index in [-0.39, 0.29) is 5.25 Å². The second kappa shape index (κ2) is 5.67. The molecule has 0 aliphatic heterocycles. The van der Waals surface area contributed by atoms with Gasteiger partial charge < -0.3 is 0 Å². The average molecular weight is 252 g/mol. The highest BCUT2D eigenvalue weighted by molar-refractivity contribution is 7.92. The van der Waals surface area contributed by atoms with Gasteiger partial charge in [0.1, 0.15) is 0 Å². The van der Waals surface area contributed by atoms with E-state index in [0.29, 0.717) is 12.2 Å². The summed E-state index contributed by atoms with van der Waals surface area (Å²) in [5, 5.41) is -0.0695. The zero-order chi connectivity index (χ0) is 12.1. The zero-order valence-corrected chi connectivity index (χ0v) is 11.0. The van der Waals surface area contributed by atoms with Gasteiger partial charge in [-0.15, -0.1) is 0 Å². The molecule has 0 saturated heterocycles. The highest BCUT2D eigenvalue weighted by Crippen LogP contribution is 2.24. The first kappa shape index (κ1) is 12.6. The normalized spacial score (nSPS) is 18.1. The van der Waals surface area contributed by atoms with Crippen molar-refractivity contribution in [1.82, 2.24) is 0 Å². The van der Waals surface area contributed by atoms with Crippen molar-refractivity contribution in [2.75, 3.05) is 5.75 Å². The van der Waals surface area contributed by atoms with Crippen LogP contribution < -0.4 is 0 Å². The maximum Gasteiger partial charge on any atom is 0.153 e. The van der Waals surface area contributed by atoms with Crippen molar-refractivity contribution in [2.45, 2.75) is 43.8 Å². The van der Waals surface area contributed by atoms with Crippen molar-refractivity contribution in [3.05, 3.63) is 35.9 Å². The van der Waals surface area contributed by atoms with Gasteiger partial charge in [-0.05, 0) is 24.8 Å². The SMILES string of the molecule is O=S(=O)(CCc1ccccc1)C1CCCCC1. The van der Waals surface area contributed by atoms with Gasteiger partial charge in [-0.25, -0.2) is 8.42 Å². The smallest absolute Gasteiger partial charge is 0.153 e. The van der Waals surface area contributed by atoms with E-state index >= 15 is 0 Å². The lowest BCUT2D eigenvalue weighted by molar-refractivity contribution is 0.483. The number of aryl methyl sites for hydroxylation is 1. The molecule has 0 aromatic heterocycles. The Morgan fingerprint density at radius 1 is 1.00 bits per heavy atom. The van der Waals surface area contributed by atoms with Crippen LogP contribution in [0.3, 0.4) is 0 Å². The molecule has 1 aliphatic carbocycles.